The molecule has 1 heterocycles. The van der Waals surface area contributed by atoms with Gasteiger partial charge >= 0.3 is 6.16 Å². The number of pyridine rings is 1. The maximum atomic E-state index is 13.3. The fraction of sp³-hybridized carbons (Fsp3) is 0.368. The van der Waals surface area contributed by atoms with Crippen LogP contribution in [-0.2, 0) is 16.0 Å². The van der Waals surface area contributed by atoms with Crippen LogP contribution in [0.5, 0.6) is 0 Å². The highest BCUT2D eigenvalue weighted by molar-refractivity contribution is 6.35. The number of nitrogens with one attached hydrogen (secondary N) is 1. The maximum Gasteiger partial charge on any atom is 0.509 e. The Kier molecular flexibility index (Phi) is 7.57. The third-order valence-electron chi connectivity index (χ3n) is 3.42. The van der Waals surface area contributed by atoms with Crippen LogP contribution in [0.3, 0.4) is 0 Å². The van der Waals surface area contributed by atoms with Crippen LogP contribution < -0.4 is 5.32 Å². The third-order valence-corrected chi connectivity index (χ3v) is 4.02. The number of carbonyl (C=O) groups excluding carboxylic acids is 1. The summed E-state index contributed by atoms with van der Waals surface area (Å²) in [5.41, 5.74) is -0.0115. The van der Waals surface area contributed by atoms with Crippen LogP contribution in [0.2, 0.25) is 10.0 Å². The highest BCUT2D eigenvalue weighted by atomic mass is 35.5. The number of halogens is 4. The van der Waals surface area contributed by atoms with E-state index in [9.17, 15) is 13.6 Å². The van der Waals surface area contributed by atoms with Crippen molar-refractivity contribution in [2.45, 2.75) is 39.0 Å². The molecule has 28 heavy (non-hydrogen) atoms. The Hall–Kier alpha value is -1.96. The summed E-state index contributed by atoms with van der Waals surface area (Å²) in [5, 5.41) is 3.39. The molecule has 1 aromatic heterocycles. The first-order valence-corrected chi connectivity index (χ1v) is 9.15. The molecule has 1 unspecified atom stereocenters. The molecule has 0 aliphatic rings. The van der Waals surface area contributed by atoms with Gasteiger partial charge in [-0.1, -0.05) is 23.2 Å². The van der Waals surface area contributed by atoms with E-state index in [4.69, 9.17) is 32.7 Å². The maximum absolute atomic E-state index is 13.3. The number of hydrogen-bond acceptors (Lipinski definition) is 5. The van der Waals surface area contributed by atoms with Crippen LogP contribution in [0.1, 0.15) is 38.0 Å². The second-order valence-corrected chi connectivity index (χ2v) is 7.81. The Labute approximate surface area is 172 Å². The van der Waals surface area contributed by atoms with Crippen molar-refractivity contribution in [1.29, 1.82) is 0 Å². The summed E-state index contributed by atoms with van der Waals surface area (Å²) < 4.78 is 37.2. The van der Waals surface area contributed by atoms with Gasteiger partial charge in [0.15, 0.2) is 0 Å². The van der Waals surface area contributed by atoms with Gasteiger partial charge in [0, 0.05) is 37.1 Å². The summed E-state index contributed by atoms with van der Waals surface area (Å²) in [6.07, 6.45) is 0.933. The molecule has 2 rings (SSSR count). The van der Waals surface area contributed by atoms with Crippen molar-refractivity contribution in [3.8, 4) is 0 Å². The predicted molar refractivity (Wildman–Crippen MR) is 102 cm³/mol. The van der Waals surface area contributed by atoms with Crippen molar-refractivity contribution < 1.29 is 23.0 Å². The molecule has 152 valence electrons. The van der Waals surface area contributed by atoms with Crippen molar-refractivity contribution in [3.63, 3.8) is 0 Å². The average Bonchev–Trinajstić information content (AvgIpc) is 2.51. The highest BCUT2D eigenvalue weighted by Crippen LogP contribution is 2.32. The lowest BCUT2D eigenvalue weighted by Crippen LogP contribution is -2.29. The molecule has 1 N–H and O–H groups in total. The summed E-state index contributed by atoms with van der Waals surface area (Å²) in [5.74, 6) is -1.36. The molecule has 9 heteroatoms. The molecule has 0 fully saturated rings. The summed E-state index contributed by atoms with van der Waals surface area (Å²) >= 11 is 12.3. The smallest absolute Gasteiger partial charge is 0.429 e. The van der Waals surface area contributed by atoms with Gasteiger partial charge in [-0.3, -0.25) is 4.98 Å². The predicted octanol–water partition coefficient (Wildman–Crippen LogP) is 5.45. The number of aromatic nitrogens is 1. The Morgan fingerprint density at radius 1 is 1.14 bits per heavy atom. The molecule has 0 aliphatic heterocycles. The molecule has 0 amide bonds. The summed E-state index contributed by atoms with van der Waals surface area (Å²) in [6, 6.07) is 3.19. The zero-order valence-corrected chi connectivity index (χ0v) is 17.1. The molecule has 0 saturated heterocycles. The van der Waals surface area contributed by atoms with Gasteiger partial charge < -0.3 is 14.8 Å². The monoisotopic (exact) mass is 432 g/mol. The number of nitrogens with zero attached hydrogens (tertiary/aromatic N) is 1. The van der Waals surface area contributed by atoms with Crippen molar-refractivity contribution in [2.75, 3.05) is 6.54 Å². The van der Waals surface area contributed by atoms with Gasteiger partial charge in [0.05, 0.1) is 10.0 Å². The van der Waals surface area contributed by atoms with Crippen LogP contribution >= 0.6 is 23.2 Å². The van der Waals surface area contributed by atoms with E-state index in [1.165, 1.54) is 24.5 Å². The quantitative estimate of drug-likeness (QED) is 0.614. The lowest BCUT2D eigenvalue weighted by molar-refractivity contribution is -0.0272. The normalized spacial score (nSPS) is 12.5. The molecule has 0 aliphatic carbocycles. The van der Waals surface area contributed by atoms with E-state index in [2.05, 4.69) is 10.3 Å². The van der Waals surface area contributed by atoms with Crippen molar-refractivity contribution in [3.05, 3.63) is 63.4 Å². The van der Waals surface area contributed by atoms with E-state index in [0.29, 0.717) is 11.1 Å². The first-order valence-electron chi connectivity index (χ1n) is 8.39. The summed E-state index contributed by atoms with van der Waals surface area (Å²) in [6.45, 7) is 5.30. The molecule has 0 spiro atoms. The standard InChI is InChI=1S/C19H20Cl2F2N2O3/c1-19(2,3)28-18(26)27-16(17-14(20)8-25-9-15(17)21)10-24-7-11-4-12(22)6-13(23)5-11/h4-6,8-9,16,24H,7,10H2,1-3H3. The van der Waals surface area contributed by atoms with E-state index in [0.717, 1.165) is 6.07 Å². The van der Waals surface area contributed by atoms with E-state index in [-0.39, 0.29) is 23.1 Å². The van der Waals surface area contributed by atoms with Crippen LogP contribution in [0.15, 0.2) is 30.6 Å². The molecule has 0 radical (unpaired) electrons. The molecule has 5 nitrogen and oxygen atoms in total. The lowest BCUT2D eigenvalue weighted by atomic mass is 10.1. The Balaban J connectivity index is 2.15. The van der Waals surface area contributed by atoms with Gasteiger partial charge in [-0.25, -0.2) is 13.6 Å². The Bertz CT molecular complexity index is 804. The molecule has 0 saturated carbocycles. The second-order valence-electron chi connectivity index (χ2n) is 7.00. The minimum Gasteiger partial charge on any atom is -0.429 e. The fourth-order valence-corrected chi connectivity index (χ4v) is 2.99. The van der Waals surface area contributed by atoms with Gasteiger partial charge in [-0.15, -0.1) is 0 Å². The Morgan fingerprint density at radius 3 is 2.25 bits per heavy atom. The van der Waals surface area contributed by atoms with Crippen molar-refractivity contribution >= 4 is 29.4 Å². The largest absolute Gasteiger partial charge is 0.509 e. The minimum atomic E-state index is -0.906. The van der Waals surface area contributed by atoms with E-state index in [1.807, 2.05) is 0 Å². The van der Waals surface area contributed by atoms with Gasteiger partial charge in [0.25, 0.3) is 0 Å². The van der Waals surface area contributed by atoms with Gasteiger partial charge in [0.2, 0.25) is 0 Å². The topological polar surface area (TPSA) is 60.5 Å². The van der Waals surface area contributed by atoms with Crippen molar-refractivity contribution in [1.82, 2.24) is 10.3 Å². The van der Waals surface area contributed by atoms with E-state index >= 15 is 0 Å². The first kappa shape index (κ1) is 22.3. The number of rotatable bonds is 6. The summed E-state index contributed by atoms with van der Waals surface area (Å²) in [4.78, 5) is 16.0. The molecular formula is C19H20Cl2F2N2O3. The van der Waals surface area contributed by atoms with Crippen LogP contribution in [-0.4, -0.2) is 23.3 Å². The van der Waals surface area contributed by atoms with Crippen LogP contribution in [0.25, 0.3) is 0 Å². The van der Waals surface area contributed by atoms with E-state index in [1.54, 1.807) is 20.8 Å². The number of ether oxygens (including phenoxy) is 2. The fourth-order valence-electron chi connectivity index (χ4n) is 2.38. The SMILES string of the molecule is CC(C)(C)OC(=O)OC(CNCc1cc(F)cc(F)c1)c1c(Cl)cncc1Cl. The van der Waals surface area contributed by atoms with Crippen LogP contribution in [0, 0.1) is 11.6 Å². The van der Waals surface area contributed by atoms with Crippen LogP contribution in [0.4, 0.5) is 13.6 Å². The molecule has 2 aromatic rings. The van der Waals surface area contributed by atoms with Crippen molar-refractivity contribution in [2.24, 2.45) is 0 Å². The third kappa shape index (κ3) is 6.89. The average molecular weight is 433 g/mol. The van der Waals surface area contributed by atoms with E-state index < -0.39 is 29.5 Å². The van der Waals surface area contributed by atoms with Gasteiger partial charge in [0.1, 0.15) is 23.3 Å². The number of benzene rings is 1. The Morgan fingerprint density at radius 2 is 1.71 bits per heavy atom. The zero-order valence-electron chi connectivity index (χ0n) is 15.6. The lowest BCUT2D eigenvalue weighted by Gasteiger charge is -2.24. The molecule has 1 aromatic carbocycles. The number of carbonyl (C=O) groups is 1. The highest BCUT2D eigenvalue weighted by Gasteiger charge is 2.26. The summed E-state index contributed by atoms with van der Waals surface area (Å²) in [7, 11) is 0. The molecule has 0 bridgehead atoms. The number of hydrogen-bond donors (Lipinski definition) is 1. The first-order chi connectivity index (χ1) is 13.0. The minimum absolute atomic E-state index is 0.0703. The second kappa shape index (κ2) is 9.49. The van der Waals surface area contributed by atoms with Gasteiger partial charge in [-0.05, 0) is 38.5 Å². The molecule has 1 atom stereocenters. The van der Waals surface area contributed by atoms with Gasteiger partial charge in [-0.2, -0.15) is 0 Å². The zero-order chi connectivity index (χ0) is 20.9. The molecular weight excluding hydrogens is 413 g/mol.